The number of rotatable bonds is 1. The summed E-state index contributed by atoms with van der Waals surface area (Å²) in [5, 5.41) is 10.3. The molecule has 4 rings (SSSR count). The first-order valence-electron chi connectivity index (χ1n) is 6.96. The van der Waals surface area contributed by atoms with Crippen molar-refractivity contribution in [2.24, 2.45) is 15.9 Å². The van der Waals surface area contributed by atoms with E-state index >= 15 is 0 Å². The molecule has 1 N–H and O–H groups in total. The van der Waals surface area contributed by atoms with Crippen molar-refractivity contribution in [1.29, 1.82) is 0 Å². The predicted molar refractivity (Wildman–Crippen MR) is 84.9 cm³/mol. The van der Waals surface area contributed by atoms with Gasteiger partial charge in [-0.2, -0.15) is 4.99 Å². The van der Waals surface area contributed by atoms with E-state index in [1.54, 1.807) is 36.4 Å². The fraction of sp³-hybridized carbons (Fsp3) is 0.0588. The van der Waals surface area contributed by atoms with Gasteiger partial charge in [-0.15, -0.1) is 0 Å². The number of carbonyl (C=O) groups excluding carboxylic acids is 1. The monoisotopic (exact) mass is 306 g/mol. The van der Waals surface area contributed by atoms with E-state index in [0.717, 1.165) is 0 Å². The Balaban J connectivity index is 1.90. The number of para-hydroxylation sites is 1. The van der Waals surface area contributed by atoms with Crippen molar-refractivity contribution in [1.82, 2.24) is 0 Å². The van der Waals surface area contributed by atoms with E-state index in [-0.39, 0.29) is 28.6 Å². The van der Waals surface area contributed by atoms with Gasteiger partial charge >= 0.3 is 5.63 Å². The van der Waals surface area contributed by atoms with Crippen LogP contribution >= 0.6 is 0 Å². The van der Waals surface area contributed by atoms with Crippen LogP contribution in [-0.2, 0) is 4.79 Å². The average molecular weight is 306 g/mol. The summed E-state index contributed by atoms with van der Waals surface area (Å²) in [7, 11) is 0. The minimum Gasteiger partial charge on any atom is -0.504 e. The third-order valence-corrected chi connectivity index (χ3v) is 3.70. The van der Waals surface area contributed by atoms with Gasteiger partial charge in [0.25, 0.3) is 5.91 Å². The molecule has 1 aliphatic heterocycles. The quantitative estimate of drug-likeness (QED) is 0.815. The molecule has 1 aromatic carbocycles. The van der Waals surface area contributed by atoms with Gasteiger partial charge < -0.3 is 9.52 Å². The first-order valence-corrected chi connectivity index (χ1v) is 6.96. The standard InChI is InChI=1S/C17H10N2O4/c20-13-7-3-4-9-8-11(17(22)23-14(9)13)15-18-12-6-2-1-5-10(12)16(21)19-15/h1-8,10,20H. The SMILES string of the molecule is O=C1N=C(c2cc3cccc(O)c3oc2=O)N=C2C=CC=CC12. The van der Waals surface area contributed by atoms with Gasteiger partial charge in [-0.3, -0.25) is 4.79 Å². The van der Waals surface area contributed by atoms with Gasteiger partial charge in [-0.25, -0.2) is 9.79 Å². The number of amidine groups is 1. The third kappa shape index (κ3) is 2.12. The summed E-state index contributed by atoms with van der Waals surface area (Å²) in [5.41, 5.74) is 0.0157. The van der Waals surface area contributed by atoms with Crippen LogP contribution in [0.4, 0.5) is 0 Å². The second-order valence-corrected chi connectivity index (χ2v) is 5.18. The van der Waals surface area contributed by atoms with Gasteiger partial charge in [0.2, 0.25) is 0 Å². The van der Waals surface area contributed by atoms with Crippen LogP contribution in [0.25, 0.3) is 11.0 Å². The minimum absolute atomic E-state index is 0.0280. The van der Waals surface area contributed by atoms with E-state index in [1.807, 2.05) is 0 Å². The molecule has 1 amide bonds. The summed E-state index contributed by atoms with van der Waals surface area (Å²) >= 11 is 0. The largest absolute Gasteiger partial charge is 0.504 e. The number of allylic oxidation sites excluding steroid dienone is 3. The normalized spacial score (nSPS) is 19.5. The van der Waals surface area contributed by atoms with Gasteiger partial charge in [0.1, 0.15) is 11.5 Å². The highest BCUT2D eigenvalue weighted by Gasteiger charge is 2.28. The number of carbonyl (C=O) groups is 1. The predicted octanol–water partition coefficient (Wildman–Crippen LogP) is 1.97. The van der Waals surface area contributed by atoms with E-state index in [1.165, 1.54) is 12.1 Å². The topological polar surface area (TPSA) is 92.2 Å². The van der Waals surface area contributed by atoms with Crippen molar-refractivity contribution in [3.63, 3.8) is 0 Å². The first-order chi connectivity index (χ1) is 11.1. The van der Waals surface area contributed by atoms with Crippen LogP contribution in [0.3, 0.4) is 0 Å². The molecule has 0 fully saturated rings. The van der Waals surface area contributed by atoms with Crippen molar-refractivity contribution in [2.45, 2.75) is 0 Å². The molecule has 0 radical (unpaired) electrons. The van der Waals surface area contributed by atoms with Crippen molar-refractivity contribution in [3.05, 3.63) is 64.6 Å². The van der Waals surface area contributed by atoms with Crippen LogP contribution in [-0.4, -0.2) is 22.6 Å². The number of aliphatic imine (C=N–C) groups is 2. The Hall–Kier alpha value is -3.28. The number of phenols is 1. The number of benzene rings is 1. The summed E-state index contributed by atoms with van der Waals surface area (Å²) in [4.78, 5) is 32.5. The van der Waals surface area contributed by atoms with E-state index in [0.29, 0.717) is 11.1 Å². The summed E-state index contributed by atoms with van der Waals surface area (Å²) in [6.45, 7) is 0. The van der Waals surface area contributed by atoms with Crippen LogP contribution in [0.1, 0.15) is 5.56 Å². The molecule has 2 aromatic rings. The molecular weight excluding hydrogens is 296 g/mol. The molecule has 2 aliphatic rings. The lowest BCUT2D eigenvalue weighted by Crippen LogP contribution is -2.29. The maximum absolute atomic E-state index is 12.2. The molecule has 0 spiro atoms. The highest BCUT2D eigenvalue weighted by atomic mass is 16.4. The Morgan fingerprint density at radius 1 is 1.13 bits per heavy atom. The zero-order chi connectivity index (χ0) is 16.0. The van der Waals surface area contributed by atoms with Crippen LogP contribution in [0, 0.1) is 5.92 Å². The third-order valence-electron chi connectivity index (χ3n) is 3.70. The zero-order valence-electron chi connectivity index (χ0n) is 11.8. The maximum atomic E-state index is 12.2. The lowest BCUT2D eigenvalue weighted by atomic mass is 9.96. The molecule has 2 heterocycles. The number of nitrogens with zero attached hydrogens (tertiary/aromatic N) is 2. The van der Waals surface area contributed by atoms with E-state index < -0.39 is 11.5 Å². The lowest BCUT2D eigenvalue weighted by molar-refractivity contribution is -0.118. The van der Waals surface area contributed by atoms with Gasteiger partial charge in [0.05, 0.1) is 5.71 Å². The van der Waals surface area contributed by atoms with Crippen LogP contribution < -0.4 is 5.63 Å². The summed E-state index contributed by atoms with van der Waals surface area (Å²) in [5.74, 6) is -0.971. The highest BCUT2D eigenvalue weighted by molar-refractivity contribution is 6.24. The molecule has 1 unspecified atom stereocenters. The van der Waals surface area contributed by atoms with Crippen molar-refractivity contribution in [2.75, 3.05) is 0 Å². The zero-order valence-corrected chi connectivity index (χ0v) is 11.8. The second-order valence-electron chi connectivity index (χ2n) is 5.18. The molecule has 23 heavy (non-hydrogen) atoms. The molecule has 1 atom stereocenters. The summed E-state index contributed by atoms with van der Waals surface area (Å²) in [6.07, 6.45) is 6.95. The molecular formula is C17H10N2O4. The average Bonchev–Trinajstić information content (AvgIpc) is 2.55. The van der Waals surface area contributed by atoms with E-state index in [4.69, 9.17) is 4.42 Å². The Morgan fingerprint density at radius 3 is 2.87 bits per heavy atom. The van der Waals surface area contributed by atoms with Gasteiger partial charge in [0, 0.05) is 5.39 Å². The smallest absolute Gasteiger partial charge is 0.347 e. The molecule has 0 saturated heterocycles. The highest BCUT2D eigenvalue weighted by Crippen LogP contribution is 2.24. The molecule has 112 valence electrons. The van der Waals surface area contributed by atoms with Gasteiger partial charge in [-0.1, -0.05) is 30.4 Å². The van der Waals surface area contributed by atoms with Crippen molar-refractivity contribution >= 4 is 28.4 Å². The van der Waals surface area contributed by atoms with Gasteiger partial charge in [0.15, 0.2) is 17.2 Å². The van der Waals surface area contributed by atoms with E-state index in [2.05, 4.69) is 9.98 Å². The number of phenolic OH excluding ortho intramolecular Hbond substituents is 1. The van der Waals surface area contributed by atoms with Gasteiger partial charge in [-0.05, 0) is 18.2 Å². The minimum atomic E-state index is -0.705. The fourth-order valence-electron chi connectivity index (χ4n) is 2.57. The molecule has 6 nitrogen and oxygen atoms in total. The Kier molecular flexibility index (Phi) is 2.84. The lowest BCUT2D eigenvalue weighted by Gasteiger charge is -2.17. The Morgan fingerprint density at radius 2 is 2.00 bits per heavy atom. The molecule has 0 bridgehead atoms. The number of fused-ring (bicyclic) bond motifs is 2. The number of amides is 1. The first kappa shape index (κ1) is 13.4. The molecule has 6 heteroatoms. The van der Waals surface area contributed by atoms with Crippen LogP contribution in [0.5, 0.6) is 5.75 Å². The number of aromatic hydroxyl groups is 1. The molecule has 1 aliphatic carbocycles. The Bertz CT molecular complexity index is 1020. The van der Waals surface area contributed by atoms with Crippen molar-refractivity contribution < 1.29 is 14.3 Å². The van der Waals surface area contributed by atoms with E-state index in [9.17, 15) is 14.7 Å². The maximum Gasteiger partial charge on any atom is 0.347 e. The Labute approximate surface area is 129 Å². The van der Waals surface area contributed by atoms with Crippen LogP contribution in [0.2, 0.25) is 0 Å². The second kappa shape index (κ2) is 4.88. The summed E-state index contributed by atoms with van der Waals surface area (Å²) < 4.78 is 5.15. The van der Waals surface area contributed by atoms with Crippen LogP contribution in [0.15, 0.2) is 67.8 Å². The summed E-state index contributed by atoms with van der Waals surface area (Å²) in [6, 6.07) is 6.26. The molecule has 0 saturated carbocycles. The molecule has 1 aromatic heterocycles. The fourth-order valence-corrected chi connectivity index (χ4v) is 2.57. The number of hydrogen-bond acceptors (Lipinski definition) is 5. The van der Waals surface area contributed by atoms with Crippen molar-refractivity contribution in [3.8, 4) is 5.75 Å². The number of hydrogen-bond donors (Lipinski definition) is 1.